The van der Waals surface area contributed by atoms with Gasteiger partial charge in [0.1, 0.15) is 5.75 Å². The Morgan fingerprint density at radius 2 is 1.91 bits per heavy atom. The number of aromatic nitrogens is 4. The topological polar surface area (TPSA) is 86.3 Å². The number of carbonyl (C=O) groups is 1. The third-order valence-electron chi connectivity index (χ3n) is 4.82. The second-order valence-electron chi connectivity index (χ2n) is 7.05. The highest BCUT2D eigenvalue weighted by Gasteiger charge is 2.21. The minimum atomic E-state index is -0.211. The molecule has 0 fully saturated rings. The SMILES string of the molecule is CCCN(Cc1nnc(-c2ccccc2Cl)o1)C(=O)c1ccn(-c2ccc(OC)cc2)n1. The molecule has 1 amide bonds. The first-order valence-corrected chi connectivity index (χ1v) is 10.5. The van der Waals surface area contributed by atoms with E-state index in [9.17, 15) is 4.79 Å². The molecule has 0 aliphatic carbocycles. The molecule has 2 heterocycles. The maximum Gasteiger partial charge on any atom is 0.274 e. The molecule has 32 heavy (non-hydrogen) atoms. The largest absolute Gasteiger partial charge is 0.497 e. The van der Waals surface area contributed by atoms with Crippen LogP contribution in [0.1, 0.15) is 29.7 Å². The lowest BCUT2D eigenvalue weighted by Gasteiger charge is -2.19. The van der Waals surface area contributed by atoms with Gasteiger partial charge in [0, 0.05) is 12.7 Å². The van der Waals surface area contributed by atoms with E-state index in [1.54, 1.807) is 41.1 Å². The van der Waals surface area contributed by atoms with Gasteiger partial charge in [0.05, 0.1) is 29.9 Å². The first-order valence-electron chi connectivity index (χ1n) is 10.2. The van der Waals surface area contributed by atoms with E-state index in [-0.39, 0.29) is 12.5 Å². The average Bonchev–Trinajstić information content (AvgIpc) is 3.49. The van der Waals surface area contributed by atoms with Crippen LogP contribution >= 0.6 is 11.6 Å². The highest BCUT2D eigenvalue weighted by atomic mass is 35.5. The van der Waals surface area contributed by atoms with Gasteiger partial charge in [-0.25, -0.2) is 4.68 Å². The molecule has 4 aromatic rings. The highest BCUT2D eigenvalue weighted by molar-refractivity contribution is 6.33. The molecule has 0 N–H and O–H groups in total. The van der Waals surface area contributed by atoms with Crippen LogP contribution < -0.4 is 4.74 Å². The summed E-state index contributed by atoms with van der Waals surface area (Å²) >= 11 is 6.21. The number of benzene rings is 2. The van der Waals surface area contributed by atoms with E-state index in [0.29, 0.717) is 34.6 Å². The van der Waals surface area contributed by atoms with Crippen LogP contribution in [0.3, 0.4) is 0 Å². The van der Waals surface area contributed by atoms with Gasteiger partial charge in [-0.1, -0.05) is 30.7 Å². The fraction of sp³-hybridized carbons (Fsp3) is 0.217. The Morgan fingerprint density at radius 1 is 1.12 bits per heavy atom. The maximum atomic E-state index is 13.1. The number of nitrogens with zero attached hydrogens (tertiary/aromatic N) is 5. The Bertz CT molecular complexity index is 1200. The van der Waals surface area contributed by atoms with E-state index in [0.717, 1.165) is 17.9 Å². The second-order valence-corrected chi connectivity index (χ2v) is 7.46. The number of carbonyl (C=O) groups excluding carboxylic acids is 1. The molecule has 2 aromatic heterocycles. The molecule has 0 aliphatic rings. The minimum Gasteiger partial charge on any atom is -0.497 e. The summed E-state index contributed by atoms with van der Waals surface area (Å²) in [5.41, 5.74) is 1.81. The van der Waals surface area contributed by atoms with Crippen molar-refractivity contribution >= 4 is 17.5 Å². The monoisotopic (exact) mass is 451 g/mol. The molecule has 0 saturated heterocycles. The fourth-order valence-corrected chi connectivity index (χ4v) is 3.44. The van der Waals surface area contributed by atoms with Gasteiger partial charge in [-0.05, 0) is 48.9 Å². The van der Waals surface area contributed by atoms with Gasteiger partial charge >= 0.3 is 0 Å². The van der Waals surface area contributed by atoms with E-state index in [4.69, 9.17) is 20.8 Å². The van der Waals surface area contributed by atoms with Crippen LogP contribution in [0.4, 0.5) is 0 Å². The summed E-state index contributed by atoms with van der Waals surface area (Å²) in [6.45, 7) is 2.71. The van der Waals surface area contributed by atoms with Gasteiger partial charge in [-0.3, -0.25) is 4.79 Å². The number of methoxy groups -OCH3 is 1. The molecular weight excluding hydrogens is 430 g/mol. The number of ether oxygens (including phenoxy) is 1. The van der Waals surface area contributed by atoms with Crippen molar-refractivity contribution in [2.45, 2.75) is 19.9 Å². The van der Waals surface area contributed by atoms with E-state index in [1.165, 1.54) is 0 Å². The first-order chi connectivity index (χ1) is 15.6. The maximum absolute atomic E-state index is 13.1. The zero-order valence-corrected chi connectivity index (χ0v) is 18.5. The normalized spacial score (nSPS) is 10.8. The van der Waals surface area contributed by atoms with Crippen molar-refractivity contribution in [3.8, 4) is 22.9 Å². The first kappa shape index (κ1) is 21.6. The Hall–Kier alpha value is -3.65. The summed E-state index contributed by atoms with van der Waals surface area (Å²) in [7, 11) is 1.61. The Morgan fingerprint density at radius 3 is 2.62 bits per heavy atom. The van der Waals surface area contributed by atoms with Crippen molar-refractivity contribution in [2.75, 3.05) is 13.7 Å². The molecule has 0 saturated carbocycles. The predicted octanol–water partition coefficient (Wildman–Crippen LogP) is 4.64. The van der Waals surface area contributed by atoms with Crippen LogP contribution in [-0.2, 0) is 6.54 Å². The standard InChI is InChI=1S/C23H22ClN5O3/c1-3-13-28(15-21-25-26-22(32-21)18-6-4-5-7-19(18)24)23(30)20-12-14-29(27-20)16-8-10-17(31-2)11-9-16/h4-12,14H,3,13,15H2,1-2H3. The second kappa shape index (κ2) is 9.65. The molecule has 0 spiro atoms. The lowest BCUT2D eigenvalue weighted by atomic mass is 10.2. The number of halogens is 1. The van der Waals surface area contributed by atoms with Crippen LogP contribution in [0.5, 0.6) is 5.75 Å². The third kappa shape index (κ3) is 4.65. The molecule has 0 unspecified atom stereocenters. The highest BCUT2D eigenvalue weighted by Crippen LogP contribution is 2.26. The average molecular weight is 452 g/mol. The summed E-state index contributed by atoms with van der Waals surface area (Å²) < 4.78 is 12.6. The van der Waals surface area contributed by atoms with Crippen molar-refractivity contribution in [1.29, 1.82) is 0 Å². The van der Waals surface area contributed by atoms with Crippen molar-refractivity contribution in [1.82, 2.24) is 24.9 Å². The summed E-state index contributed by atoms with van der Waals surface area (Å²) in [4.78, 5) is 14.8. The zero-order valence-electron chi connectivity index (χ0n) is 17.7. The molecule has 0 atom stereocenters. The van der Waals surface area contributed by atoms with Crippen LogP contribution in [0, 0.1) is 0 Å². The van der Waals surface area contributed by atoms with E-state index >= 15 is 0 Å². The number of rotatable bonds is 8. The van der Waals surface area contributed by atoms with Gasteiger partial charge in [-0.15, -0.1) is 10.2 Å². The van der Waals surface area contributed by atoms with E-state index < -0.39 is 0 Å². The van der Waals surface area contributed by atoms with Gasteiger partial charge in [0.25, 0.3) is 5.91 Å². The van der Waals surface area contributed by atoms with Crippen molar-refractivity contribution in [3.05, 3.63) is 77.4 Å². The predicted molar refractivity (Wildman–Crippen MR) is 120 cm³/mol. The molecule has 0 radical (unpaired) electrons. The number of amides is 1. The van der Waals surface area contributed by atoms with Crippen LogP contribution in [-0.4, -0.2) is 44.4 Å². The van der Waals surface area contributed by atoms with Crippen molar-refractivity contribution in [3.63, 3.8) is 0 Å². The molecular formula is C23H22ClN5O3. The fourth-order valence-electron chi connectivity index (χ4n) is 3.23. The molecule has 164 valence electrons. The third-order valence-corrected chi connectivity index (χ3v) is 5.15. The van der Waals surface area contributed by atoms with Gasteiger partial charge in [-0.2, -0.15) is 5.10 Å². The van der Waals surface area contributed by atoms with E-state index in [2.05, 4.69) is 15.3 Å². The summed E-state index contributed by atoms with van der Waals surface area (Å²) in [5.74, 6) is 1.19. The van der Waals surface area contributed by atoms with E-state index in [1.807, 2.05) is 43.3 Å². The quantitative estimate of drug-likeness (QED) is 0.388. The molecule has 2 aromatic carbocycles. The van der Waals surface area contributed by atoms with Gasteiger partial charge < -0.3 is 14.1 Å². The van der Waals surface area contributed by atoms with Crippen LogP contribution in [0.25, 0.3) is 17.1 Å². The molecule has 0 aliphatic heterocycles. The van der Waals surface area contributed by atoms with Crippen LogP contribution in [0.2, 0.25) is 5.02 Å². The molecule has 9 heteroatoms. The lowest BCUT2D eigenvalue weighted by Crippen LogP contribution is -2.31. The molecule has 4 rings (SSSR count). The Kier molecular flexibility index (Phi) is 6.51. The van der Waals surface area contributed by atoms with Crippen LogP contribution in [0.15, 0.2) is 65.2 Å². The molecule has 8 nitrogen and oxygen atoms in total. The summed E-state index contributed by atoms with van der Waals surface area (Å²) in [5, 5.41) is 13.1. The minimum absolute atomic E-state index is 0.180. The number of hydrogen-bond donors (Lipinski definition) is 0. The summed E-state index contributed by atoms with van der Waals surface area (Å²) in [6, 6.07) is 16.4. The van der Waals surface area contributed by atoms with Crippen molar-refractivity contribution < 1.29 is 13.9 Å². The Labute approximate surface area is 190 Å². The Balaban J connectivity index is 1.51. The number of hydrogen-bond acceptors (Lipinski definition) is 6. The lowest BCUT2D eigenvalue weighted by molar-refractivity contribution is 0.0722. The smallest absolute Gasteiger partial charge is 0.274 e. The summed E-state index contributed by atoms with van der Waals surface area (Å²) in [6.07, 6.45) is 2.53. The zero-order chi connectivity index (χ0) is 22.5. The molecule has 0 bridgehead atoms. The van der Waals surface area contributed by atoms with Crippen molar-refractivity contribution in [2.24, 2.45) is 0 Å². The van der Waals surface area contributed by atoms with Gasteiger partial charge in [0.15, 0.2) is 5.69 Å². The van der Waals surface area contributed by atoms with Gasteiger partial charge in [0.2, 0.25) is 11.8 Å².